The van der Waals surface area contributed by atoms with Gasteiger partial charge in [0.05, 0.1) is 0 Å². The summed E-state index contributed by atoms with van der Waals surface area (Å²) in [5.41, 5.74) is 0.912. The second-order valence-electron chi connectivity index (χ2n) is 3.57. The first-order valence-corrected chi connectivity index (χ1v) is 7.72. The average molecular weight is 285 g/mol. The number of ether oxygens (including phenoxy) is 1. The van der Waals surface area contributed by atoms with Gasteiger partial charge in [-0.05, 0) is 25.8 Å². The fraction of sp³-hybridized carbons (Fsp3) is 0.706. The van der Waals surface area contributed by atoms with E-state index in [2.05, 4.69) is 6.92 Å². The Morgan fingerprint density at radius 3 is 2.00 bits per heavy atom. The minimum Gasteiger partial charge on any atom is -0.367 e. The van der Waals surface area contributed by atoms with Crippen LogP contribution in [0.25, 0.3) is 0 Å². The number of hydrogen-bond donors (Lipinski definition) is 0. The molecule has 1 amide bonds. The molecule has 20 heavy (non-hydrogen) atoms. The predicted molar refractivity (Wildman–Crippen MR) is 90.0 cm³/mol. The predicted octanol–water partition coefficient (Wildman–Crippen LogP) is 4.44. The second kappa shape index (κ2) is 17.9. The molecule has 0 saturated carbocycles. The number of hydrogen-bond acceptors (Lipinski definition) is 2. The third-order valence-corrected chi connectivity index (χ3v) is 2.49. The lowest BCUT2D eigenvalue weighted by molar-refractivity contribution is -0.138. The number of methoxy groups -OCH3 is 1. The van der Waals surface area contributed by atoms with Gasteiger partial charge in [0, 0.05) is 20.7 Å². The van der Waals surface area contributed by atoms with Crippen molar-refractivity contribution < 1.29 is 9.53 Å². The van der Waals surface area contributed by atoms with E-state index in [0.717, 1.165) is 12.0 Å². The number of allylic oxidation sites excluding steroid dienone is 2. The number of carbonyl (C=O) groups excluding carboxylic acids is 1. The lowest BCUT2D eigenvalue weighted by Gasteiger charge is -2.22. The first-order valence-electron chi connectivity index (χ1n) is 7.72. The van der Waals surface area contributed by atoms with Gasteiger partial charge in [0.15, 0.2) is 6.10 Å². The summed E-state index contributed by atoms with van der Waals surface area (Å²) in [7, 11) is 3.35. The standard InChI is InChI=1S/C13H23NO2.2C2H6/c1-6-9-10-11(7-2)12(16-5)13(15)14(4)8-3;2*1-2/h7,9-10,12H,6,8H2,1-5H3;2*1-2H3/b10-9-,11-7+;;. The maximum Gasteiger partial charge on any atom is 0.256 e. The van der Waals surface area contributed by atoms with Gasteiger partial charge in [0.2, 0.25) is 0 Å². The second-order valence-corrected chi connectivity index (χ2v) is 3.57. The van der Waals surface area contributed by atoms with Crippen molar-refractivity contribution in [1.29, 1.82) is 0 Å². The Morgan fingerprint density at radius 1 is 1.20 bits per heavy atom. The van der Waals surface area contributed by atoms with Crippen molar-refractivity contribution in [2.75, 3.05) is 20.7 Å². The number of nitrogens with zero attached hydrogens (tertiary/aromatic N) is 1. The Morgan fingerprint density at radius 2 is 1.70 bits per heavy atom. The van der Waals surface area contributed by atoms with Crippen molar-refractivity contribution in [3.8, 4) is 0 Å². The molecule has 0 aliphatic rings. The molecule has 0 aliphatic carbocycles. The topological polar surface area (TPSA) is 29.5 Å². The van der Waals surface area contributed by atoms with Gasteiger partial charge < -0.3 is 9.64 Å². The molecular formula is C17H35NO2. The Labute approximate surface area is 126 Å². The summed E-state index contributed by atoms with van der Waals surface area (Å²) in [6.45, 7) is 14.6. The summed E-state index contributed by atoms with van der Waals surface area (Å²) in [5.74, 6) is -0.00106. The van der Waals surface area contributed by atoms with Crippen LogP contribution in [0.4, 0.5) is 0 Å². The Bertz CT molecular complexity index is 270. The van der Waals surface area contributed by atoms with Crippen molar-refractivity contribution in [1.82, 2.24) is 4.90 Å². The summed E-state index contributed by atoms with van der Waals surface area (Å²) in [6.07, 6.45) is 6.36. The zero-order valence-corrected chi connectivity index (χ0v) is 15.0. The molecule has 120 valence electrons. The van der Waals surface area contributed by atoms with Crippen LogP contribution in [0, 0.1) is 0 Å². The van der Waals surface area contributed by atoms with Gasteiger partial charge in [-0.25, -0.2) is 0 Å². The molecule has 3 nitrogen and oxygen atoms in total. The molecule has 0 fully saturated rings. The minimum absolute atomic E-state index is 0.00106. The van der Waals surface area contributed by atoms with Crippen LogP contribution in [0.3, 0.4) is 0 Å². The highest BCUT2D eigenvalue weighted by atomic mass is 16.5. The summed E-state index contributed by atoms with van der Waals surface area (Å²) in [4.78, 5) is 13.7. The van der Waals surface area contributed by atoms with Crippen LogP contribution in [0.2, 0.25) is 0 Å². The van der Waals surface area contributed by atoms with E-state index in [-0.39, 0.29) is 5.91 Å². The van der Waals surface area contributed by atoms with Gasteiger partial charge in [-0.1, -0.05) is 52.8 Å². The van der Waals surface area contributed by atoms with Crippen molar-refractivity contribution in [3.05, 3.63) is 23.8 Å². The lowest BCUT2D eigenvalue weighted by Crippen LogP contribution is -2.38. The van der Waals surface area contributed by atoms with Crippen molar-refractivity contribution >= 4 is 5.91 Å². The number of carbonyl (C=O) groups is 1. The first kappa shape index (κ1) is 24.0. The van der Waals surface area contributed by atoms with Crippen LogP contribution in [0.15, 0.2) is 23.8 Å². The van der Waals surface area contributed by atoms with E-state index in [9.17, 15) is 4.79 Å². The molecule has 1 atom stereocenters. The minimum atomic E-state index is -0.488. The van der Waals surface area contributed by atoms with Gasteiger partial charge in [-0.2, -0.15) is 0 Å². The van der Waals surface area contributed by atoms with E-state index < -0.39 is 6.10 Å². The van der Waals surface area contributed by atoms with Crippen LogP contribution in [0.5, 0.6) is 0 Å². The average Bonchev–Trinajstić information content (AvgIpc) is 2.53. The monoisotopic (exact) mass is 285 g/mol. The zero-order valence-electron chi connectivity index (χ0n) is 15.0. The number of rotatable bonds is 6. The Kier molecular flexibility index (Phi) is 21.5. The van der Waals surface area contributed by atoms with Crippen molar-refractivity contribution in [3.63, 3.8) is 0 Å². The highest BCUT2D eigenvalue weighted by Gasteiger charge is 2.22. The van der Waals surface area contributed by atoms with Gasteiger partial charge >= 0.3 is 0 Å². The number of likely N-dealkylation sites (N-methyl/N-ethyl adjacent to an activating group) is 1. The quantitative estimate of drug-likeness (QED) is 0.675. The normalized spacial score (nSPS) is 11.9. The van der Waals surface area contributed by atoms with Gasteiger partial charge in [0.1, 0.15) is 0 Å². The van der Waals surface area contributed by atoms with E-state index in [4.69, 9.17) is 4.74 Å². The fourth-order valence-corrected chi connectivity index (χ4v) is 1.32. The number of amides is 1. The summed E-state index contributed by atoms with van der Waals surface area (Å²) in [6, 6.07) is 0. The van der Waals surface area contributed by atoms with E-state index in [1.807, 2.05) is 59.8 Å². The van der Waals surface area contributed by atoms with Crippen LogP contribution < -0.4 is 0 Å². The fourth-order valence-electron chi connectivity index (χ4n) is 1.32. The molecular weight excluding hydrogens is 250 g/mol. The van der Waals surface area contributed by atoms with Gasteiger partial charge in [0.25, 0.3) is 5.91 Å². The Balaban J connectivity index is -0.000000656. The molecule has 0 rings (SSSR count). The lowest BCUT2D eigenvalue weighted by atomic mass is 10.1. The molecule has 0 aromatic heterocycles. The van der Waals surface area contributed by atoms with Crippen LogP contribution in [-0.2, 0) is 9.53 Å². The highest BCUT2D eigenvalue weighted by Crippen LogP contribution is 2.11. The van der Waals surface area contributed by atoms with Crippen LogP contribution >= 0.6 is 0 Å². The summed E-state index contributed by atoms with van der Waals surface area (Å²) < 4.78 is 5.27. The zero-order chi connectivity index (χ0) is 16.6. The smallest absolute Gasteiger partial charge is 0.256 e. The Hall–Kier alpha value is -1.09. The van der Waals surface area contributed by atoms with Crippen molar-refractivity contribution in [2.45, 2.75) is 61.0 Å². The molecule has 0 aromatic carbocycles. The van der Waals surface area contributed by atoms with Crippen LogP contribution in [0.1, 0.15) is 54.9 Å². The van der Waals surface area contributed by atoms with E-state index in [1.54, 1.807) is 19.1 Å². The molecule has 0 radical (unpaired) electrons. The summed E-state index contributed by atoms with van der Waals surface area (Å²) >= 11 is 0. The third kappa shape index (κ3) is 9.79. The van der Waals surface area contributed by atoms with Crippen molar-refractivity contribution in [2.24, 2.45) is 0 Å². The summed E-state index contributed by atoms with van der Waals surface area (Å²) in [5, 5.41) is 0. The molecule has 1 unspecified atom stereocenters. The molecule has 3 heteroatoms. The third-order valence-electron chi connectivity index (χ3n) is 2.49. The first-order chi connectivity index (χ1) is 9.62. The molecule has 0 N–H and O–H groups in total. The molecule has 0 bridgehead atoms. The van der Waals surface area contributed by atoms with Gasteiger partial charge in [-0.3, -0.25) is 4.79 Å². The molecule has 0 saturated heterocycles. The molecule has 0 aliphatic heterocycles. The van der Waals surface area contributed by atoms with E-state index >= 15 is 0 Å². The molecule has 0 aromatic rings. The maximum atomic E-state index is 12.0. The SMILES string of the molecule is C/C=C(\C=C/CC)C(OC)C(=O)N(C)CC.CC.CC. The maximum absolute atomic E-state index is 12.0. The highest BCUT2D eigenvalue weighted by molar-refractivity contribution is 5.84. The van der Waals surface area contributed by atoms with E-state index in [0.29, 0.717) is 6.54 Å². The van der Waals surface area contributed by atoms with E-state index in [1.165, 1.54) is 0 Å². The molecule has 0 heterocycles. The van der Waals surface area contributed by atoms with Crippen LogP contribution in [-0.4, -0.2) is 37.6 Å². The molecule has 0 spiro atoms. The van der Waals surface area contributed by atoms with Gasteiger partial charge in [-0.15, -0.1) is 0 Å². The largest absolute Gasteiger partial charge is 0.367 e.